The van der Waals surface area contributed by atoms with Gasteiger partial charge in [0.1, 0.15) is 22.6 Å². The zero-order valence-corrected chi connectivity index (χ0v) is 10.2. The van der Waals surface area contributed by atoms with Crippen LogP contribution in [0.3, 0.4) is 0 Å². The first-order chi connectivity index (χ1) is 7.65. The summed E-state index contributed by atoms with van der Waals surface area (Å²) < 4.78 is 27.5. The molecule has 1 aromatic heterocycles. The number of benzene rings is 1. The smallest absolute Gasteiger partial charge is 0.148 e. The maximum atomic E-state index is 13.8. The molecule has 0 N–H and O–H groups in total. The number of hydrogen-bond acceptors (Lipinski definition) is 2. The normalized spacial score (nSPS) is 10.1. The van der Waals surface area contributed by atoms with Crippen LogP contribution in [0.2, 0.25) is 0 Å². The number of halogens is 3. The number of nitriles is 1. The summed E-state index contributed by atoms with van der Waals surface area (Å²) in [7, 11) is 0. The summed E-state index contributed by atoms with van der Waals surface area (Å²) in [4.78, 5) is 0.302. The van der Waals surface area contributed by atoms with Crippen molar-refractivity contribution in [2.75, 3.05) is 0 Å². The van der Waals surface area contributed by atoms with E-state index in [0.717, 1.165) is 11.3 Å². The molecule has 2 rings (SSSR count). The molecule has 0 aliphatic rings. The zero-order chi connectivity index (χ0) is 11.7. The van der Waals surface area contributed by atoms with Crippen LogP contribution in [-0.4, -0.2) is 0 Å². The van der Waals surface area contributed by atoms with Crippen molar-refractivity contribution in [1.29, 1.82) is 5.26 Å². The van der Waals surface area contributed by atoms with Gasteiger partial charge in [-0.05, 0) is 39.5 Å². The molecule has 0 saturated carbocycles. The second-order valence-corrected chi connectivity index (χ2v) is 4.76. The van der Waals surface area contributed by atoms with E-state index in [4.69, 9.17) is 5.26 Å². The molecule has 0 radical (unpaired) electrons. The van der Waals surface area contributed by atoms with E-state index in [-0.39, 0.29) is 10.0 Å². The van der Waals surface area contributed by atoms with Gasteiger partial charge < -0.3 is 0 Å². The summed E-state index contributed by atoms with van der Waals surface area (Å²) in [5.41, 5.74) is 0.135. The average molecular weight is 300 g/mol. The number of nitrogens with zero attached hydrogens (tertiary/aromatic N) is 1. The van der Waals surface area contributed by atoms with Crippen molar-refractivity contribution in [3.8, 4) is 17.2 Å². The van der Waals surface area contributed by atoms with Crippen LogP contribution in [0.1, 0.15) is 4.88 Å². The second kappa shape index (κ2) is 4.32. The third kappa shape index (κ3) is 1.75. The summed E-state index contributed by atoms with van der Waals surface area (Å²) >= 11 is 4.15. The maximum Gasteiger partial charge on any atom is 0.148 e. The number of hydrogen-bond donors (Lipinski definition) is 0. The first-order valence-corrected chi connectivity index (χ1v) is 5.94. The highest BCUT2D eigenvalue weighted by Crippen LogP contribution is 2.34. The molecule has 16 heavy (non-hydrogen) atoms. The molecule has 0 amide bonds. The van der Waals surface area contributed by atoms with E-state index in [2.05, 4.69) is 15.9 Å². The molecule has 0 bridgehead atoms. The highest BCUT2D eigenvalue weighted by Gasteiger charge is 2.17. The lowest BCUT2D eigenvalue weighted by molar-refractivity contribution is 0.585. The van der Waals surface area contributed by atoms with Crippen molar-refractivity contribution in [2.24, 2.45) is 0 Å². The van der Waals surface area contributed by atoms with Gasteiger partial charge in [-0.25, -0.2) is 8.78 Å². The molecule has 80 valence electrons. The van der Waals surface area contributed by atoms with Crippen molar-refractivity contribution < 1.29 is 8.78 Å². The lowest BCUT2D eigenvalue weighted by atomic mass is 10.1. The molecule has 2 aromatic rings. The van der Waals surface area contributed by atoms with Gasteiger partial charge in [-0.15, -0.1) is 11.3 Å². The Morgan fingerprint density at radius 2 is 2.00 bits per heavy atom. The van der Waals surface area contributed by atoms with E-state index in [1.807, 2.05) is 6.07 Å². The van der Waals surface area contributed by atoms with E-state index in [1.54, 1.807) is 5.38 Å². The first-order valence-electron chi connectivity index (χ1n) is 4.26. The van der Waals surface area contributed by atoms with E-state index in [1.165, 1.54) is 18.2 Å². The molecule has 1 heterocycles. The largest absolute Gasteiger partial charge is 0.206 e. The fourth-order valence-corrected chi connectivity index (χ4v) is 2.39. The summed E-state index contributed by atoms with van der Waals surface area (Å²) in [6.45, 7) is 0. The average Bonchev–Trinajstić information content (AvgIpc) is 2.72. The Bertz CT molecular complexity index is 586. The molecule has 0 spiro atoms. The second-order valence-electron chi connectivity index (χ2n) is 2.99. The topological polar surface area (TPSA) is 23.8 Å². The van der Waals surface area contributed by atoms with Gasteiger partial charge in [0.25, 0.3) is 0 Å². The lowest BCUT2D eigenvalue weighted by Gasteiger charge is -2.04. The molecule has 0 aliphatic heterocycles. The van der Waals surface area contributed by atoms with Gasteiger partial charge in [-0.1, -0.05) is 0 Å². The quantitative estimate of drug-likeness (QED) is 0.719. The molecule has 1 aromatic carbocycles. The highest BCUT2D eigenvalue weighted by atomic mass is 79.9. The van der Waals surface area contributed by atoms with Gasteiger partial charge in [0, 0.05) is 5.56 Å². The van der Waals surface area contributed by atoms with Gasteiger partial charge in [0.2, 0.25) is 0 Å². The van der Waals surface area contributed by atoms with Gasteiger partial charge in [-0.3, -0.25) is 0 Å². The van der Waals surface area contributed by atoms with E-state index >= 15 is 0 Å². The Balaban J connectivity index is 2.74. The standard InChI is InChI=1S/C11H4BrF2NS/c12-7-1-2-8(13)10(11(7)14)6-3-4-16-9(6)5-15/h1-4H. The van der Waals surface area contributed by atoms with Crippen LogP contribution < -0.4 is 0 Å². The van der Waals surface area contributed by atoms with Gasteiger partial charge in [-0.2, -0.15) is 5.26 Å². The molecule has 0 aliphatic carbocycles. The highest BCUT2D eigenvalue weighted by molar-refractivity contribution is 9.10. The summed E-state index contributed by atoms with van der Waals surface area (Å²) in [6.07, 6.45) is 0. The molecule has 1 nitrogen and oxygen atoms in total. The lowest BCUT2D eigenvalue weighted by Crippen LogP contribution is -1.91. The summed E-state index contributed by atoms with van der Waals surface area (Å²) in [6, 6.07) is 5.92. The predicted molar refractivity (Wildman–Crippen MR) is 62.1 cm³/mol. The summed E-state index contributed by atoms with van der Waals surface area (Å²) in [5.74, 6) is -1.36. The van der Waals surface area contributed by atoms with Gasteiger partial charge in [0.15, 0.2) is 0 Å². The predicted octanol–water partition coefficient (Wildman–Crippen LogP) is 4.33. The van der Waals surface area contributed by atoms with E-state index in [0.29, 0.717) is 10.4 Å². The van der Waals surface area contributed by atoms with Crippen LogP contribution in [0, 0.1) is 23.0 Å². The van der Waals surface area contributed by atoms with Gasteiger partial charge >= 0.3 is 0 Å². The van der Waals surface area contributed by atoms with Crippen LogP contribution in [0.25, 0.3) is 11.1 Å². The fraction of sp³-hybridized carbons (Fsp3) is 0. The van der Waals surface area contributed by atoms with Crippen molar-refractivity contribution >= 4 is 27.3 Å². The van der Waals surface area contributed by atoms with Crippen LogP contribution >= 0.6 is 27.3 Å². The van der Waals surface area contributed by atoms with Crippen molar-refractivity contribution in [3.05, 3.63) is 44.6 Å². The monoisotopic (exact) mass is 299 g/mol. The Kier molecular flexibility index (Phi) is 3.03. The van der Waals surface area contributed by atoms with Crippen LogP contribution in [0.15, 0.2) is 28.1 Å². The Morgan fingerprint density at radius 3 is 2.69 bits per heavy atom. The molecule has 0 unspecified atom stereocenters. The third-order valence-corrected chi connectivity index (χ3v) is 3.51. The minimum atomic E-state index is -0.685. The van der Waals surface area contributed by atoms with Crippen molar-refractivity contribution in [1.82, 2.24) is 0 Å². The Labute approximate surface area is 103 Å². The van der Waals surface area contributed by atoms with Gasteiger partial charge in [0.05, 0.1) is 10.0 Å². The van der Waals surface area contributed by atoms with Crippen LogP contribution in [0.4, 0.5) is 8.78 Å². The van der Waals surface area contributed by atoms with E-state index in [9.17, 15) is 8.78 Å². The Morgan fingerprint density at radius 1 is 1.25 bits per heavy atom. The fourth-order valence-electron chi connectivity index (χ4n) is 1.37. The van der Waals surface area contributed by atoms with E-state index < -0.39 is 11.6 Å². The SMILES string of the molecule is N#Cc1sccc1-c1c(F)ccc(Br)c1F. The summed E-state index contributed by atoms with van der Waals surface area (Å²) in [5, 5.41) is 10.5. The zero-order valence-electron chi connectivity index (χ0n) is 7.80. The molecular weight excluding hydrogens is 296 g/mol. The maximum absolute atomic E-state index is 13.8. The molecule has 5 heteroatoms. The van der Waals surface area contributed by atoms with Crippen LogP contribution in [0.5, 0.6) is 0 Å². The molecule has 0 fully saturated rings. The Hall–Kier alpha value is -1.25. The minimum Gasteiger partial charge on any atom is -0.206 e. The van der Waals surface area contributed by atoms with Crippen LogP contribution in [-0.2, 0) is 0 Å². The van der Waals surface area contributed by atoms with Crippen molar-refractivity contribution in [2.45, 2.75) is 0 Å². The number of thiophene rings is 1. The molecule has 0 atom stereocenters. The molecule has 0 saturated heterocycles. The third-order valence-electron chi connectivity index (χ3n) is 2.08. The number of rotatable bonds is 1. The van der Waals surface area contributed by atoms with Crippen molar-refractivity contribution in [3.63, 3.8) is 0 Å². The minimum absolute atomic E-state index is 0.160. The first kappa shape index (κ1) is 11.2. The molecular formula is C11H4BrF2NS.